The second kappa shape index (κ2) is 6.35. The molecule has 1 aromatic rings. The van der Waals surface area contributed by atoms with Crippen LogP contribution < -0.4 is 15.8 Å². The number of anilines is 1. The Morgan fingerprint density at radius 2 is 2.00 bits per heavy atom. The molecule has 5 N–H and O–H groups in total. The van der Waals surface area contributed by atoms with E-state index < -0.39 is 38.9 Å². The first-order chi connectivity index (χ1) is 9.27. The summed E-state index contributed by atoms with van der Waals surface area (Å²) in [5, 5.41) is 11.4. The van der Waals surface area contributed by atoms with Crippen LogP contribution >= 0.6 is 0 Å². The molecule has 0 aromatic heterocycles. The third-order valence-electron chi connectivity index (χ3n) is 2.32. The van der Waals surface area contributed by atoms with Gasteiger partial charge in [-0.25, -0.2) is 17.9 Å². The molecule has 0 spiro atoms. The van der Waals surface area contributed by atoms with Crippen molar-refractivity contribution in [1.82, 2.24) is 10.0 Å². The van der Waals surface area contributed by atoms with Gasteiger partial charge in [0.25, 0.3) is 0 Å². The normalized spacial score (nSPS) is 11.1. The molecular formula is C11H15N3O5S. The molecule has 0 unspecified atom stereocenters. The Hall–Kier alpha value is -2.13. The second-order valence-electron chi connectivity index (χ2n) is 3.84. The predicted molar refractivity (Wildman–Crippen MR) is 71.7 cm³/mol. The number of benzene rings is 1. The first kappa shape index (κ1) is 15.9. The number of nitrogens with one attached hydrogen (secondary N) is 2. The fourth-order valence-corrected chi connectivity index (χ4v) is 2.65. The highest BCUT2D eigenvalue weighted by molar-refractivity contribution is 7.89. The molecule has 0 fully saturated rings. The molecule has 1 rings (SSSR count). The minimum absolute atomic E-state index is 0.105. The van der Waals surface area contributed by atoms with Gasteiger partial charge < -0.3 is 16.2 Å². The monoisotopic (exact) mass is 301 g/mol. The molecule has 110 valence electrons. The number of hydrogen-bond acceptors (Lipinski definition) is 5. The smallest absolute Gasteiger partial charge is 0.337 e. The summed E-state index contributed by atoms with van der Waals surface area (Å²) in [6.07, 6.45) is 0. The van der Waals surface area contributed by atoms with Crippen LogP contribution in [0.3, 0.4) is 0 Å². The number of hydrogen-bond donors (Lipinski definition) is 4. The number of carbonyl (C=O) groups excluding carboxylic acids is 1. The molecule has 0 aliphatic carbocycles. The third-order valence-corrected chi connectivity index (χ3v) is 3.76. The lowest BCUT2D eigenvalue weighted by atomic mass is 10.2. The highest BCUT2D eigenvalue weighted by Gasteiger charge is 2.23. The Bertz CT molecular complexity index is 627. The van der Waals surface area contributed by atoms with E-state index in [1.807, 2.05) is 4.72 Å². The zero-order valence-electron chi connectivity index (χ0n) is 10.7. The summed E-state index contributed by atoms with van der Waals surface area (Å²) in [4.78, 5) is 21.8. The van der Waals surface area contributed by atoms with Crippen molar-refractivity contribution in [2.45, 2.75) is 11.8 Å². The molecule has 0 atom stereocenters. The number of rotatable bonds is 6. The quantitative estimate of drug-likeness (QED) is 0.517. The molecule has 0 aliphatic heterocycles. The van der Waals surface area contributed by atoms with Gasteiger partial charge in [-0.3, -0.25) is 4.79 Å². The van der Waals surface area contributed by atoms with Crippen molar-refractivity contribution in [2.75, 3.05) is 18.8 Å². The van der Waals surface area contributed by atoms with Gasteiger partial charge in [0.1, 0.15) is 0 Å². The van der Waals surface area contributed by atoms with Gasteiger partial charge in [-0.1, -0.05) is 0 Å². The van der Waals surface area contributed by atoms with Crippen LogP contribution in [0.1, 0.15) is 17.3 Å². The number of amides is 1. The van der Waals surface area contributed by atoms with Crippen LogP contribution in [0.4, 0.5) is 5.69 Å². The average molecular weight is 301 g/mol. The van der Waals surface area contributed by atoms with Crippen LogP contribution in [0.25, 0.3) is 0 Å². The van der Waals surface area contributed by atoms with Gasteiger partial charge in [-0.2, -0.15) is 0 Å². The summed E-state index contributed by atoms with van der Waals surface area (Å²) in [6, 6.07) is 3.41. The fraction of sp³-hybridized carbons (Fsp3) is 0.273. The van der Waals surface area contributed by atoms with Crippen molar-refractivity contribution in [3.8, 4) is 0 Å². The molecule has 8 nitrogen and oxygen atoms in total. The summed E-state index contributed by atoms with van der Waals surface area (Å²) < 4.78 is 26.0. The minimum atomic E-state index is -4.14. The van der Waals surface area contributed by atoms with Crippen molar-refractivity contribution in [2.24, 2.45) is 0 Å². The van der Waals surface area contributed by atoms with E-state index in [1.54, 1.807) is 6.92 Å². The number of aromatic carboxylic acids is 1. The Labute approximate surface area is 116 Å². The number of nitrogens with two attached hydrogens (primary N) is 1. The maximum absolute atomic E-state index is 12.0. The fourth-order valence-electron chi connectivity index (χ4n) is 1.44. The molecule has 1 aromatic carbocycles. The number of carboxylic acids is 1. The molecule has 0 heterocycles. The van der Waals surface area contributed by atoms with Crippen LogP contribution in [-0.4, -0.2) is 38.5 Å². The van der Waals surface area contributed by atoms with Crippen LogP contribution in [-0.2, 0) is 14.8 Å². The van der Waals surface area contributed by atoms with Crippen molar-refractivity contribution >= 4 is 27.6 Å². The largest absolute Gasteiger partial charge is 0.478 e. The van der Waals surface area contributed by atoms with Gasteiger partial charge in [0, 0.05) is 12.2 Å². The summed E-state index contributed by atoms with van der Waals surface area (Å²) in [5.41, 5.74) is 5.15. The topological polar surface area (TPSA) is 139 Å². The predicted octanol–water partition coefficient (Wildman–Crippen LogP) is -0.619. The van der Waals surface area contributed by atoms with E-state index in [2.05, 4.69) is 5.32 Å². The molecule has 0 aliphatic rings. The van der Waals surface area contributed by atoms with Crippen LogP contribution in [0.2, 0.25) is 0 Å². The average Bonchev–Trinajstić information content (AvgIpc) is 2.36. The zero-order valence-corrected chi connectivity index (χ0v) is 11.5. The van der Waals surface area contributed by atoms with E-state index in [0.29, 0.717) is 6.54 Å². The van der Waals surface area contributed by atoms with E-state index in [9.17, 15) is 18.0 Å². The summed E-state index contributed by atoms with van der Waals surface area (Å²) >= 11 is 0. The molecule has 1 amide bonds. The standard InChI is InChI=1S/C11H15N3O5S/c1-2-13-10(15)6-14-20(18,19)9-5-7(12)3-4-8(9)11(16)17/h3-5,14H,2,6,12H2,1H3,(H,13,15)(H,16,17). The first-order valence-corrected chi connectivity index (χ1v) is 7.15. The minimum Gasteiger partial charge on any atom is -0.478 e. The summed E-state index contributed by atoms with van der Waals surface area (Å²) in [6.45, 7) is 1.57. The molecule has 0 saturated heterocycles. The molecule has 0 bridgehead atoms. The van der Waals surface area contributed by atoms with Gasteiger partial charge in [-0.05, 0) is 25.1 Å². The van der Waals surface area contributed by atoms with Crippen LogP contribution in [0.5, 0.6) is 0 Å². The first-order valence-electron chi connectivity index (χ1n) is 5.67. The molecular weight excluding hydrogens is 286 g/mol. The van der Waals surface area contributed by atoms with Gasteiger partial charge in [0.15, 0.2) is 0 Å². The molecule has 0 saturated carbocycles. The number of nitrogen functional groups attached to an aromatic ring is 1. The van der Waals surface area contributed by atoms with Crippen molar-refractivity contribution < 1.29 is 23.1 Å². The van der Waals surface area contributed by atoms with Gasteiger partial charge in [0.2, 0.25) is 15.9 Å². The number of carbonyl (C=O) groups is 2. The van der Waals surface area contributed by atoms with E-state index in [-0.39, 0.29) is 5.69 Å². The Morgan fingerprint density at radius 1 is 1.35 bits per heavy atom. The van der Waals surface area contributed by atoms with Crippen LogP contribution in [0.15, 0.2) is 23.1 Å². The third kappa shape index (κ3) is 3.93. The Kier molecular flexibility index (Phi) is 5.06. The lowest BCUT2D eigenvalue weighted by molar-refractivity contribution is -0.119. The lowest BCUT2D eigenvalue weighted by Crippen LogP contribution is -2.37. The molecule has 9 heteroatoms. The lowest BCUT2D eigenvalue weighted by Gasteiger charge is -2.10. The maximum Gasteiger partial charge on any atom is 0.337 e. The number of likely N-dealkylation sites (N-methyl/N-ethyl adjacent to an activating group) is 1. The van der Waals surface area contributed by atoms with Crippen LogP contribution in [0, 0.1) is 0 Å². The second-order valence-corrected chi connectivity index (χ2v) is 5.57. The summed E-state index contributed by atoms with van der Waals surface area (Å²) in [7, 11) is -4.14. The van der Waals surface area contributed by atoms with Gasteiger partial charge in [-0.15, -0.1) is 0 Å². The van der Waals surface area contributed by atoms with E-state index >= 15 is 0 Å². The Balaban J connectivity index is 3.06. The van der Waals surface area contributed by atoms with E-state index in [1.165, 1.54) is 6.07 Å². The van der Waals surface area contributed by atoms with Crippen molar-refractivity contribution in [3.05, 3.63) is 23.8 Å². The van der Waals surface area contributed by atoms with Crippen molar-refractivity contribution in [3.63, 3.8) is 0 Å². The Morgan fingerprint density at radius 3 is 2.55 bits per heavy atom. The highest BCUT2D eigenvalue weighted by Crippen LogP contribution is 2.19. The van der Waals surface area contributed by atoms with Crippen molar-refractivity contribution in [1.29, 1.82) is 0 Å². The van der Waals surface area contributed by atoms with E-state index in [4.69, 9.17) is 10.8 Å². The molecule has 0 radical (unpaired) electrons. The molecule has 20 heavy (non-hydrogen) atoms. The SMILES string of the molecule is CCNC(=O)CNS(=O)(=O)c1cc(N)ccc1C(=O)O. The van der Waals surface area contributed by atoms with E-state index in [0.717, 1.165) is 12.1 Å². The zero-order chi connectivity index (χ0) is 15.3. The number of carboxylic acid groups (broad SMARTS) is 1. The van der Waals surface area contributed by atoms with Gasteiger partial charge >= 0.3 is 5.97 Å². The highest BCUT2D eigenvalue weighted by atomic mass is 32.2. The maximum atomic E-state index is 12.0. The number of sulfonamides is 1. The van der Waals surface area contributed by atoms with Gasteiger partial charge in [0.05, 0.1) is 17.0 Å². The summed E-state index contributed by atoms with van der Waals surface area (Å²) in [5.74, 6) is -1.92.